The van der Waals surface area contributed by atoms with Crippen molar-refractivity contribution in [2.45, 2.75) is 128 Å². The second-order valence-electron chi connectivity index (χ2n) is 18.8. The second-order valence-corrected chi connectivity index (χ2v) is 27.5. The maximum atomic E-state index is 13.2. The van der Waals surface area contributed by atoms with Gasteiger partial charge in [-0.3, -0.25) is 0 Å². The highest BCUT2D eigenvalue weighted by molar-refractivity contribution is 7.00. The Bertz CT molecular complexity index is 1760. The maximum absolute atomic E-state index is 13.2. The summed E-state index contributed by atoms with van der Waals surface area (Å²) in [6.07, 6.45) is 12.6. The van der Waals surface area contributed by atoms with Crippen molar-refractivity contribution in [1.82, 2.24) is 0 Å². The molecule has 1 fully saturated rings. The predicted molar refractivity (Wildman–Crippen MR) is 254 cm³/mol. The van der Waals surface area contributed by atoms with Crippen LogP contribution >= 0.6 is 0 Å². The first-order chi connectivity index (χ1) is 28.8. The first-order valence-corrected chi connectivity index (χ1v) is 26.4. The lowest BCUT2D eigenvalue weighted by atomic mass is 9.85. The van der Waals surface area contributed by atoms with E-state index in [9.17, 15) is 10.2 Å². The van der Waals surface area contributed by atoms with Crippen molar-refractivity contribution in [2.24, 2.45) is 5.92 Å². The minimum absolute atomic E-state index is 0.0452. The largest absolute Gasteiger partial charge is 0.407 e. The summed E-state index contributed by atoms with van der Waals surface area (Å²) >= 11 is 0. The number of benzene rings is 4. The van der Waals surface area contributed by atoms with Gasteiger partial charge in [0.1, 0.15) is 0 Å². The Morgan fingerprint density at radius 1 is 0.633 bits per heavy atom. The smallest absolute Gasteiger partial charge is 0.261 e. The van der Waals surface area contributed by atoms with Gasteiger partial charge >= 0.3 is 0 Å². The fourth-order valence-corrected chi connectivity index (χ4v) is 18.7. The predicted octanol–water partition coefficient (Wildman–Crippen LogP) is 9.31. The van der Waals surface area contributed by atoms with Gasteiger partial charge in [0, 0.05) is 31.8 Å². The molecule has 0 bridgehead atoms. The molecule has 0 aromatic heterocycles. The molecule has 4 aromatic carbocycles. The van der Waals surface area contributed by atoms with Gasteiger partial charge in [-0.2, -0.15) is 0 Å². The topological polar surface area (TPSA) is 77.4 Å². The summed E-state index contributed by atoms with van der Waals surface area (Å²) in [4.78, 5) is 0. The summed E-state index contributed by atoms with van der Waals surface area (Å²) in [6.45, 7) is 17.3. The highest BCUT2D eigenvalue weighted by Crippen LogP contribution is 2.40. The molecule has 0 aliphatic carbocycles. The molecule has 1 saturated heterocycles. The lowest BCUT2D eigenvalue weighted by Gasteiger charge is -2.46. The minimum atomic E-state index is -3.02. The Labute approximate surface area is 364 Å². The highest BCUT2D eigenvalue weighted by Gasteiger charge is 2.53. The summed E-state index contributed by atoms with van der Waals surface area (Å²) in [7, 11) is -5.92. The Kier molecular flexibility index (Phi) is 17.3. The molecule has 2 atom stereocenters. The molecule has 8 heteroatoms. The summed E-state index contributed by atoms with van der Waals surface area (Å²) in [5.41, 5.74) is -1.43. The first kappa shape index (κ1) is 47.9. The zero-order chi connectivity index (χ0) is 43.2. The van der Waals surface area contributed by atoms with Gasteiger partial charge in [-0.25, -0.2) is 0 Å². The van der Waals surface area contributed by atoms with Crippen LogP contribution in [0, 0.1) is 5.92 Å². The van der Waals surface area contributed by atoms with Gasteiger partial charge in [-0.15, -0.1) is 0 Å². The van der Waals surface area contributed by atoms with E-state index in [4.69, 9.17) is 18.3 Å². The number of hydrogen-bond acceptors (Lipinski definition) is 6. The molecule has 326 valence electrons. The monoisotopic (exact) mass is 851 g/mol. The minimum Gasteiger partial charge on any atom is -0.407 e. The second kappa shape index (κ2) is 21.7. The summed E-state index contributed by atoms with van der Waals surface area (Å²) < 4.78 is 26.9. The van der Waals surface area contributed by atoms with E-state index in [0.717, 1.165) is 61.7 Å². The van der Waals surface area contributed by atoms with Crippen molar-refractivity contribution >= 4 is 37.4 Å². The number of unbranched alkanes of at least 4 members (excludes halogenated alkanes) is 4. The van der Waals surface area contributed by atoms with E-state index in [1.165, 1.54) is 10.4 Å². The molecule has 4 aromatic rings. The quantitative estimate of drug-likeness (QED) is 0.0441. The number of aliphatic hydroxyl groups is 2. The van der Waals surface area contributed by atoms with Gasteiger partial charge < -0.3 is 28.5 Å². The third-order valence-electron chi connectivity index (χ3n) is 12.6. The maximum Gasteiger partial charge on any atom is 0.261 e. The van der Waals surface area contributed by atoms with Crippen molar-refractivity contribution in [1.29, 1.82) is 0 Å². The average molecular weight is 851 g/mol. The third-order valence-corrected chi connectivity index (χ3v) is 22.6. The van der Waals surface area contributed by atoms with Crippen molar-refractivity contribution in [3.8, 4) is 0 Å². The van der Waals surface area contributed by atoms with E-state index in [1.54, 1.807) is 0 Å². The van der Waals surface area contributed by atoms with E-state index in [-0.39, 0.29) is 35.5 Å². The van der Waals surface area contributed by atoms with Gasteiger partial charge in [0.05, 0.1) is 32.0 Å². The highest BCUT2D eigenvalue weighted by atomic mass is 28.4. The fraction of sp³-hybridized carbons (Fsp3) is 0.500. The average Bonchev–Trinajstić information content (AvgIpc) is 3.71. The number of ether oxygens (including phenoxy) is 2. The Hall–Kier alpha value is -3.19. The molecule has 1 heterocycles. The SMILES string of the molecule is CCCC1(CCCCCC/C=C/[C@H](CO)[C@@](O)(CCO[Si](c2ccccc2)(c2ccccc2)C(C)(C)C)CO[Si](c2ccccc2)(c2ccccc2)C(C)(C)C)OCCO1. The van der Waals surface area contributed by atoms with E-state index in [1.807, 2.05) is 18.2 Å². The van der Waals surface area contributed by atoms with E-state index < -0.39 is 28.2 Å². The Morgan fingerprint density at radius 3 is 1.48 bits per heavy atom. The van der Waals surface area contributed by atoms with E-state index >= 15 is 0 Å². The molecule has 0 saturated carbocycles. The number of aliphatic hydroxyl groups excluding tert-OH is 1. The van der Waals surface area contributed by atoms with Gasteiger partial charge in [0.15, 0.2) is 5.79 Å². The normalized spacial score (nSPS) is 16.6. The van der Waals surface area contributed by atoms with Crippen molar-refractivity contribution in [3.63, 3.8) is 0 Å². The zero-order valence-electron chi connectivity index (χ0n) is 37.7. The van der Waals surface area contributed by atoms with Gasteiger partial charge in [-0.1, -0.05) is 201 Å². The standard InChI is InChI=1S/C52H74O6Si2/c1-8-36-52(55-40-41-56-52)37-26-12-10-9-11-17-27-44(42-53)51(54,43-58-60(50(5,6)7,47-32-22-15-23-33-47)48-34-24-16-25-35-48)38-39-57-59(49(2,3)4,45-28-18-13-19-29-45)46-30-20-14-21-31-46/h13-25,27-35,44,53-54H,8-12,26,36-43H2,1-7H3/b27-17+/t44-,51-/m1/s1. The lowest BCUT2D eigenvalue weighted by molar-refractivity contribution is -0.167. The van der Waals surface area contributed by atoms with Crippen LogP contribution in [0.5, 0.6) is 0 Å². The number of allylic oxidation sites excluding steroid dienone is 1. The van der Waals surface area contributed by atoms with Crippen LogP contribution in [-0.2, 0) is 18.3 Å². The van der Waals surface area contributed by atoms with Crippen LogP contribution in [-0.4, -0.2) is 71.3 Å². The molecule has 0 radical (unpaired) electrons. The van der Waals surface area contributed by atoms with E-state index in [2.05, 4.69) is 164 Å². The Morgan fingerprint density at radius 2 is 1.07 bits per heavy atom. The molecule has 2 N–H and O–H groups in total. The third kappa shape index (κ3) is 11.2. The molecule has 0 amide bonds. The summed E-state index contributed by atoms with van der Waals surface area (Å²) in [6, 6.07) is 42.4. The lowest BCUT2D eigenvalue weighted by Crippen LogP contribution is -2.68. The van der Waals surface area contributed by atoms with Crippen LogP contribution in [0.4, 0.5) is 0 Å². The fourth-order valence-electron chi connectivity index (χ4n) is 9.47. The van der Waals surface area contributed by atoms with Crippen LogP contribution < -0.4 is 20.7 Å². The summed E-state index contributed by atoms with van der Waals surface area (Å²) in [5, 5.41) is 28.5. The van der Waals surface area contributed by atoms with Crippen LogP contribution in [0.25, 0.3) is 0 Å². The van der Waals surface area contributed by atoms with Crippen LogP contribution in [0.2, 0.25) is 10.1 Å². The zero-order valence-corrected chi connectivity index (χ0v) is 39.7. The molecule has 0 unspecified atom stereocenters. The molecule has 5 rings (SSSR count). The van der Waals surface area contributed by atoms with Gasteiger partial charge in [0.2, 0.25) is 0 Å². The van der Waals surface area contributed by atoms with Crippen LogP contribution in [0.15, 0.2) is 133 Å². The van der Waals surface area contributed by atoms with Crippen LogP contribution in [0.3, 0.4) is 0 Å². The number of hydrogen-bond donors (Lipinski definition) is 2. The molecule has 60 heavy (non-hydrogen) atoms. The van der Waals surface area contributed by atoms with Crippen molar-refractivity contribution < 1.29 is 28.5 Å². The Balaban J connectivity index is 1.43. The molecular weight excluding hydrogens is 777 g/mol. The van der Waals surface area contributed by atoms with Crippen LogP contribution in [0.1, 0.15) is 106 Å². The van der Waals surface area contributed by atoms with Crippen molar-refractivity contribution in [2.75, 3.05) is 33.0 Å². The van der Waals surface area contributed by atoms with Gasteiger partial charge in [0.25, 0.3) is 16.6 Å². The number of rotatable bonds is 23. The van der Waals surface area contributed by atoms with Crippen molar-refractivity contribution in [3.05, 3.63) is 133 Å². The molecule has 6 nitrogen and oxygen atoms in total. The molecule has 0 spiro atoms. The van der Waals surface area contributed by atoms with Gasteiger partial charge in [-0.05, 0) is 50.1 Å². The first-order valence-electron chi connectivity index (χ1n) is 22.5. The molecule has 1 aliphatic heterocycles. The molecular formula is C52H74O6Si2. The summed E-state index contributed by atoms with van der Waals surface area (Å²) in [5.74, 6) is -0.950. The molecule has 1 aliphatic rings. The van der Waals surface area contributed by atoms with E-state index in [0.29, 0.717) is 19.8 Å².